The van der Waals surface area contributed by atoms with Gasteiger partial charge < -0.3 is 4.74 Å². The molecule has 1 aromatic rings. The molecule has 0 aromatic heterocycles. The van der Waals surface area contributed by atoms with Crippen molar-refractivity contribution in [3.8, 4) is 0 Å². The zero-order valence-corrected chi connectivity index (χ0v) is 11.0. The molecule has 2 rings (SSSR count). The lowest BCUT2D eigenvalue weighted by Crippen LogP contribution is -2.24. The average molecular weight is 263 g/mol. The molecule has 18 heavy (non-hydrogen) atoms. The molecule has 0 radical (unpaired) electrons. The van der Waals surface area contributed by atoms with Gasteiger partial charge in [-0.2, -0.15) is 0 Å². The molecule has 1 unspecified atom stereocenters. The van der Waals surface area contributed by atoms with Crippen molar-refractivity contribution in [2.45, 2.75) is 18.4 Å². The van der Waals surface area contributed by atoms with Crippen LogP contribution in [0.5, 0.6) is 0 Å². The Morgan fingerprint density at radius 2 is 2.11 bits per heavy atom. The molecule has 0 N–H and O–H groups in total. The van der Waals surface area contributed by atoms with Gasteiger partial charge in [0.25, 0.3) is 0 Å². The van der Waals surface area contributed by atoms with E-state index >= 15 is 0 Å². The van der Waals surface area contributed by atoms with Gasteiger partial charge in [0, 0.05) is 24.2 Å². The molecule has 0 saturated carbocycles. The third kappa shape index (κ3) is 2.89. The molecule has 0 spiro atoms. The second kappa shape index (κ2) is 5.51. The molecule has 0 aliphatic heterocycles. The van der Waals surface area contributed by atoms with E-state index in [1.807, 2.05) is 43.3 Å². The summed E-state index contributed by atoms with van der Waals surface area (Å²) in [7, 11) is 0. The van der Waals surface area contributed by atoms with E-state index in [9.17, 15) is 4.79 Å². The molecule has 1 atom stereocenters. The zero-order valence-electron chi connectivity index (χ0n) is 10.2. The number of Topliss-reactive ketones (excluding diaryl/α,β-unsaturated/α-hetero) is 1. The summed E-state index contributed by atoms with van der Waals surface area (Å²) in [6.45, 7) is 2.44. The molecule has 1 aromatic carbocycles. The van der Waals surface area contributed by atoms with Crippen LogP contribution in [-0.4, -0.2) is 17.5 Å². The minimum atomic E-state index is -0.796. The largest absolute Gasteiger partial charge is 0.356 e. The van der Waals surface area contributed by atoms with Gasteiger partial charge in [0.05, 0.1) is 0 Å². The van der Waals surface area contributed by atoms with Crippen LogP contribution in [-0.2, 0) is 4.74 Å². The Morgan fingerprint density at radius 3 is 2.67 bits per heavy atom. The van der Waals surface area contributed by atoms with Crippen LogP contribution in [0, 0.1) is 0 Å². The van der Waals surface area contributed by atoms with E-state index in [-0.39, 0.29) is 5.78 Å². The zero-order chi connectivity index (χ0) is 13.0. The van der Waals surface area contributed by atoms with E-state index in [4.69, 9.17) is 16.3 Å². The summed E-state index contributed by atoms with van der Waals surface area (Å²) in [4.78, 5) is 12.2. The fourth-order valence-electron chi connectivity index (χ4n) is 1.87. The molecule has 0 fully saturated rings. The van der Waals surface area contributed by atoms with E-state index < -0.39 is 5.06 Å². The number of carbonyl (C=O) groups excluding carboxylic acids is 1. The fraction of sp³-hybridized carbons (Fsp3) is 0.267. The predicted molar refractivity (Wildman–Crippen MR) is 72.8 cm³/mol. The van der Waals surface area contributed by atoms with Gasteiger partial charge in [0.2, 0.25) is 0 Å². The topological polar surface area (TPSA) is 26.3 Å². The minimum absolute atomic E-state index is 0.0158. The number of hydrogen-bond donors (Lipinski definition) is 0. The first kappa shape index (κ1) is 13.1. The molecule has 94 valence electrons. The Morgan fingerprint density at radius 1 is 1.39 bits per heavy atom. The monoisotopic (exact) mass is 262 g/mol. The molecule has 3 heteroatoms. The summed E-state index contributed by atoms with van der Waals surface area (Å²) >= 11 is 6.23. The van der Waals surface area contributed by atoms with E-state index in [0.29, 0.717) is 24.2 Å². The second-order valence-electron chi connectivity index (χ2n) is 4.11. The van der Waals surface area contributed by atoms with E-state index in [2.05, 4.69) is 0 Å². The van der Waals surface area contributed by atoms with Crippen molar-refractivity contribution in [3.05, 3.63) is 59.7 Å². The summed E-state index contributed by atoms with van der Waals surface area (Å²) in [6.07, 6.45) is 5.82. The van der Waals surface area contributed by atoms with E-state index in [1.165, 1.54) is 0 Å². The summed E-state index contributed by atoms with van der Waals surface area (Å²) in [5, 5.41) is -0.796. The molecule has 1 aliphatic rings. The van der Waals surface area contributed by atoms with Crippen LogP contribution < -0.4 is 0 Å². The van der Waals surface area contributed by atoms with Gasteiger partial charge in [-0.1, -0.05) is 54.1 Å². The Kier molecular flexibility index (Phi) is 4.00. The summed E-state index contributed by atoms with van der Waals surface area (Å²) in [5.41, 5.74) is 1.35. The highest BCUT2D eigenvalue weighted by atomic mass is 35.5. The third-order valence-corrected chi connectivity index (χ3v) is 3.18. The van der Waals surface area contributed by atoms with Crippen LogP contribution in [0.25, 0.3) is 0 Å². The minimum Gasteiger partial charge on any atom is -0.356 e. The Hall–Kier alpha value is -1.38. The normalized spacial score (nSPS) is 22.7. The Bertz CT molecular complexity index is 490. The Balaban J connectivity index is 2.12. The Labute approximate surface area is 112 Å². The summed E-state index contributed by atoms with van der Waals surface area (Å²) in [6, 6.07) is 9.21. The number of benzene rings is 1. The standard InChI is InChI=1S/C15H15ClO2/c1-2-18-15(16)10-8-13(9-11-15)14(17)12-6-4-3-5-7-12/h3-10H,2,11H2,1H3. The predicted octanol–water partition coefficient (Wildman–Crippen LogP) is 3.73. The summed E-state index contributed by atoms with van der Waals surface area (Å²) in [5.74, 6) is 0.0158. The van der Waals surface area contributed by atoms with Gasteiger partial charge in [-0.3, -0.25) is 4.79 Å². The molecule has 0 amide bonds. The highest BCUT2D eigenvalue weighted by molar-refractivity contribution is 6.24. The number of halogens is 1. The number of ether oxygens (including phenoxy) is 1. The average Bonchev–Trinajstić information content (AvgIpc) is 2.40. The molecule has 0 bridgehead atoms. The number of allylic oxidation sites excluding steroid dienone is 2. The number of ketones is 1. The van der Waals surface area contributed by atoms with Gasteiger partial charge in [-0.15, -0.1) is 0 Å². The van der Waals surface area contributed by atoms with E-state index in [0.717, 1.165) is 0 Å². The lowest BCUT2D eigenvalue weighted by molar-refractivity contribution is 0.0646. The molecule has 0 saturated heterocycles. The number of rotatable bonds is 4. The van der Waals surface area contributed by atoms with Gasteiger partial charge >= 0.3 is 0 Å². The van der Waals surface area contributed by atoms with Crippen LogP contribution in [0.2, 0.25) is 0 Å². The highest BCUT2D eigenvalue weighted by Gasteiger charge is 2.27. The van der Waals surface area contributed by atoms with Crippen molar-refractivity contribution < 1.29 is 9.53 Å². The first-order valence-electron chi connectivity index (χ1n) is 5.96. The highest BCUT2D eigenvalue weighted by Crippen LogP contribution is 2.30. The molecule has 0 heterocycles. The first-order chi connectivity index (χ1) is 8.64. The quantitative estimate of drug-likeness (QED) is 0.611. The maximum Gasteiger partial charge on any atom is 0.192 e. The fourth-order valence-corrected chi connectivity index (χ4v) is 2.12. The van der Waals surface area contributed by atoms with Gasteiger partial charge in [-0.25, -0.2) is 0 Å². The molecule has 2 nitrogen and oxygen atoms in total. The van der Waals surface area contributed by atoms with Crippen LogP contribution in [0.4, 0.5) is 0 Å². The third-order valence-electron chi connectivity index (χ3n) is 2.79. The lowest BCUT2D eigenvalue weighted by Gasteiger charge is -2.24. The van der Waals surface area contributed by atoms with Crippen molar-refractivity contribution >= 4 is 17.4 Å². The van der Waals surface area contributed by atoms with Crippen molar-refractivity contribution in [1.82, 2.24) is 0 Å². The van der Waals surface area contributed by atoms with Gasteiger partial charge in [0.15, 0.2) is 10.8 Å². The number of alkyl halides is 1. The van der Waals surface area contributed by atoms with Crippen molar-refractivity contribution in [2.75, 3.05) is 6.61 Å². The maximum absolute atomic E-state index is 12.2. The second-order valence-corrected chi connectivity index (χ2v) is 4.75. The SMILES string of the molecule is CCOC1(Cl)C=CC(C(=O)c2ccccc2)=CC1. The molecular weight excluding hydrogens is 248 g/mol. The van der Waals surface area contributed by atoms with Gasteiger partial charge in [0.1, 0.15) is 0 Å². The van der Waals surface area contributed by atoms with Crippen LogP contribution >= 0.6 is 11.6 Å². The van der Waals surface area contributed by atoms with Crippen molar-refractivity contribution in [1.29, 1.82) is 0 Å². The van der Waals surface area contributed by atoms with Crippen LogP contribution in [0.15, 0.2) is 54.1 Å². The van der Waals surface area contributed by atoms with Gasteiger partial charge in [-0.05, 0) is 13.0 Å². The summed E-state index contributed by atoms with van der Waals surface area (Å²) < 4.78 is 5.43. The van der Waals surface area contributed by atoms with Crippen LogP contribution in [0.3, 0.4) is 0 Å². The van der Waals surface area contributed by atoms with E-state index in [1.54, 1.807) is 12.2 Å². The van der Waals surface area contributed by atoms with Crippen molar-refractivity contribution in [3.63, 3.8) is 0 Å². The number of carbonyl (C=O) groups is 1. The first-order valence-corrected chi connectivity index (χ1v) is 6.34. The maximum atomic E-state index is 12.2. The smallest absolute Gasteiger partial charge is 0.192 e. The number of hydrogen-bond acceptors (Lipinski definition) is 2. The van der Waals surface area contributed by atoms with Crippen molar-refractivity contribution in [2.24, 2.45) is 0 Å². The molecule has 1 aliphatic carbocycles. The molecular formula is C15H15ClO2. The lowest BCUT2D eigenvalue weighted by atomic mass is 9.97. The van der Waals surface area contributed by atoms with Crippen LogP contribution in [0.1, 0.15) is 23.7 Å².